The number of methoxy groups -OCH3 is 1. The van der Waals surface area contributed by atoms with Crippen LogP contribution in [0.25, 0.3) is 23.3 Å². The Morgan fingerprint density at radius 2 is 1.95 bits per heavy atom. The van der Waals surface area contributed by atoms with E-state index in [1.165, 1.54) is 35.0 Å². The van der Waals surface area contributed by atoms with Crippen molar-refractivity contribution in [3.8, 4) is 22.6 Å². The second-order valence-electron chi connectivity index (χ2n) is 8.84. The van der Waals surface area contributed by atoms with Gasteiger partial charge < -0.3 is 14.6 Å². The minimum atomic E-state index is -0.981. The van der Waals surface area contributed by atoms with E-state index in [2.05, 4.69) is 30.4 Å². The van der Waals surface area contributed by atoms with E-state index in [0.29, 0.717) is 34.5 Å². The van der Waals surface area contributed by atoms with Gasteiger partial charge in [-0.2, -0.15) is 0 Å². The van der Waals surface area contributed by atoms with Crippen LogP contribution in [0.15, 0.2) is 71.6 Å². The Morgan fingerprint density at radius 3 is 2.71 bits per heavy atom. The lowest BCUT2D eigenvalue weighted by Crippen LogP contribution is -2.29. The van der Waals surface area contributed by atoms with Crippen LogP contribution < -0.4 is 9.47 Å². The summed E-state index contributed by atoms with van der Waals surface area (Å²) in [5.41, 5.74) is 5.66. The summed E-state index contributed by atoms with van der Waals surface area (Å²) < 4.78 is 11.8. The summed E-state index contributed by atoms with van der Waals surface area (Å²) in [4.78, 5) is 26.3. The first-order valence-corrected chi connectivity index (χ1v) is 13.3. The summed E-state index contributed by atoms with van der Waals surface area (Å²) in [6.45, 7) is 0.812. The van der Waals surface area contributed by atoms with Gasteiger partial charge in [0.15, 0.2) is 0 Å². The molecule has 38 heavy (non-hydrogen) atoms. The molecule has 1 aliphatic carbocycles. The number of nitrogens with zero attached hydrogens (tertiary/aromatic N) is 1. The second-order valence-corrected chi connectivity index (χ2v) is 10.5. The SMILES string of the molecule is COc1ccc(/C=C2\SC(=S)N(CCCOc3ccc(C(=O)O)cc3)C2=O)cc1-c1ccc2c(c1)C=CC2. The maximum Gasteiger partial charge on any atom is 0.335 e. The quantitative estimate of drug-likeness (QED) is 0.193. The number of carboxylic acids is 1. The van der Waals surface area contributed by atoms with E-state index < -0.39 is 5.97 Å². The fraction of sp³-hybridized carbons (Fsp3) is 0.167. The number of fused-ring (bicyclic) bond motifs is 1. The molecule has 192 valence electrons. The van der Waals surface area contributed by atoms with Crippen molar-refractivity contribution in [1.82, 2.24) is 4.90 Å². The van der Waals surface area contributed by atoms with Crippen molar-refractivity contribution in [1.29, 1.82) is 0 Å². The molecular formula is C30H25NO5S2. The van der Waals surface area contributed by atoms with Gasteiger partial charge in [0.2, 0.25) is 0 Å². The van der Waals surface area contributed by atoms with Crippen molar-refractivity contribution >= 4 is 52.3 Å². The van der Waals surface area contributed by atoms with Crippen LogP contribution in [0.2, 0.25) is 0 Å². The van der Waals surface area contributed by atoms with Crippen molar-refractivity contribution in [3.05, 3.63) is 93.9 Å². The molecule has 8 heteroatoms. The van der Waals surface area contributed by atoms with Gasteiger partial charge >= 0.3 is 5.97 Å². The predicted octanol–water partition coefficient (Wildman–Crippen LogP) is 6.30. The molecular weight excluding hydrogens is 518 g/mol. The third-order valence-electron chi connectivity index (χ3n) is 6.38. The normalized spacial score (nSPS) is 15.3. The Kier molecular flexibility index (Phi) is 7.62. The van der Waals surface area contributed by atoms with Gasteiger partial charge in [-0.25, -0.2) is 4.79 Å². The summed E-state index contributed by atoms with van der Waals surface area (Å²) in [5.74, 6) is 0.251. The van der Waals surface area contributed by atoms with E-state index in [1.807, 2.05) is 24.3 Å². The summed E-state index contributed by atoms with van der Waals surface area (Å²) in [5, 5.41) is 8.99. The Morgan fingerprint density at radius 1 is 1.13 bits per heavy atom. The fourth-order valence-electron chi connectivity index (χ4n) is 4.41. The van der Waals surface area contributed by atoms with Gasteiger partial charge in [-0.05, 0) is 83.6 Å². The molecule has 0 bridgehead atoms. The average Bonchev–Trinajstić information content (AvgIpc) is 3.50. The Hall–Kier alpha value is -3.88. The summed E-state index contributed by atoms with van der Waals surface area (Å²) in [6.07, 6.45) is 7.71. The van der Waals surface area contributed by atoms with Gasteiger partial charge in [-0.3, -0.25) is 9.69 Å². The molecule has 6 nitrogen and oxygen atoms in total. The molecule has 1 fully saturated rings. The molecule has 1 saturated heterocycles. The maximum atomic E-state index is 13.1. The third-order valence-corrected chi connectivity index (χ3v) is 7.76. The van der Waals surface area contributed by atoms with Crippen LogP contribution in [0, 0.1) is 0 Å². The van der Waals surface area contributed by atoms with Crippen LogP contribution in [0.1, 0.15) is 33.5 Å². The van der Waals surface area contributed by atoms with Crippen LogP contribution in [0.5, 0.6) is 11.5 Å². The maximum absolute atomic E-state index is 13.1. The third kappa shape index (κ3) is 5.51. The zero-order valence-corrected chi connectivity index (χ0v) is 22.3. The number of carboxylic acid groups (broad SMARTS) is 1. The number of rotatable bonds is 9. The smallest absolute Gasteiger partial charge is 0.335 e. The number of benzene rings is 3. The standard InChI is InChI=1S/C30H25NO5S2/c1-35-26-13-6-19(16-25(26)23-8-7-20-4-2-5-22(20)18-23)17-27-28(32)31(30(37)38-27)14-3-15-36-24-11-9-21(10-12-24)29(33)34/h2,5-13,16-18H,3-4,14-15H2,1H3,(H,33,34)/b27-17-. The highest BCUT2D eigenvalue weighted by molar-refractivity contribution is 8.26. The second kappa shape index (κ2) is 11.2. The van der Waals surface area contributed by atoms with E-state index in [9.17, 15) is 9.59 Å². The number of hydrogen-bond donors (Lipinski definition) is 1. The summed E-state index contributed by atoms with van der Waals surface area (Å²) in [6, 6.07) is 18.6. The highest BCUT2D eigenvalue weighted by atomic mass is 32.2. The van der Waals surface area contributed by atoms with Crippen molar-refractivity contribution in [2.75, 3.05) is 20.3 Å². The molecule has 3 aromatic carbocycles. The lowest BCUT2D eigenvalue weighted by Gasteiger charge is -2.14. The number of carbonyl (C=O) groups is 2. The predicted molar refractivity (Wildman–Crippen MR) is 155 cm³/mol. The first-order chi connectivity index (χ1) is 18.4. The van der Waals surface area contributed by atoms with Gasteiger partial charge in [0.25, 0.3) is 5.91 Å². The van der Waals surface area contributed by atoms with E-state index in [-0.39, 0.29) is 11.5 Å². The highest BCUT2D eigenvalue weighted by Gasteiger charge is 2.31. The molecule has 1 amide bonds. The topological polar surface area (TPSA) is 76.1 Å². The molecule has 0 aromatic heterocycles. The van der Waals surface area contributed by atoms with E-state index in [0.717, 1.165) is 28.9 Å². The van der Waals surface area contributed by atoms with Gasteiger partial charge in [-0.15, -0.1) is 0 Å². The average molecular weight is 544 g/mol. The molecule has 3 aromatic rings. The van der Waals surface area contributed by atoms with Crippen LogP contribution >= 0.6 is 24.0 Å². The van der Waals surface area contributed by atoms with Crippen molar-refractivity contribution in [3.63, 3.8) is 0 Å². The molecule has 0 saturated carbocycles. The molecule has 1 N–H and O–H groups in total. The number of ether oxygens (including phenoxy) is 2. The zero-order chi connectivity index (χ0) is 26.6. The molecule has 0 atom stereocenters. The summed E-state index contributed by atoms with van der Waals surface area (Å²) in [7, 11) is 1.66. The van der Waals surface area contributed by atoms with E-state index in [1.54, 1.807) is 24.1 Å². The van der Waals surface area contributed by atoms with Crippen molar-refractivity contribution in [2.45, 2.75) is 12.8 Å². The first-order valence-electron chi connectivity index (χ1n) is 12.1. The van der Waals surface area contributed by atoms with Crippen molar-refractivity contribution in [2.24, 2.45) is 0 Å². The largest absolute Gasteiger partial charge is 0.496 e. The Bertz CT molecular complexity index is 1480. The molecule has 0 radical (unpaired) electrons. The minimum absolute atomic E-state index is 0.120. The van der Waals surface area contributed by atoms with Crippen LogP contribution in [0.4, 0.5) is 0 Å². The van der Waals surface area contributed by atoms with Crippen LogP contribution in [-0.2, 0) is 11.2 Å². The van der Waals surface area contributed by atoms with Crippen LogP contribution in [0.3, 0.4) is 0 Å². The number of carbonyl (C=O) groups excluding carboxylic acids is 1. The lowest BCUT2D eigenvalue weighted by atomic mass is 9.98. The number of amides is 1. The number of hydrogen-bond acceptors (Lipinski definition) is 6. The van der Waals surface area contributed by atoms with Gasteiger partial charge in [0.05, 0.1) is 24.2 Å². The highest BCUT2D eigenvalue weighted by Crippen LogP contribution is 2.37. The number of thiocarbonyl (C=S) groups is 1. The van der Waals surface area contributed by atoms with E-state index >= 15 is 0 Å². The number of aromatic carboxylic acids is 1. The minimum Gasteiger partial charge on any atom is -0.496 e. The van der Waals surface area contributed by atoms with Crippen LogP contribution in [-0.4, -0.2) is 46.5 Å². The molecule has 1 heterocycles. The van der Waals surface area contributed by atoms with Gasteiger partial charge in [-0.1, -0.05) is 54.3 Å². The lowest BCUT2D eigenvalue weighted by molar-refractivity contribution is -0.122. The van der Waals surface area contributed by atoms with E-state index in [4.69, 9.17) is 26.8 Å². The fourth-order valence-corrected chi connectivity index (χ4v) is 5.72. The monoisotopic (exact) mass is 543 g/mol. The van der Waals surface area contributed by atoms with Crippen molar-refractivity contribution < 1.29 is 24.2 Å². The Labute approximate surface area is 230 Å². The number of thioether (sulfide) groups is 1. The van der Waals surface area contributed by atoms with Gasteiger partial charge in [0, 0.05) is 12.1 Å². The molecule has 2 aliphatic rings. The number of allylic oxidation sites excluding steroid dienone is 1. The first kappa shape index (κ1) is 25.8. The molecule has 5 rings (SSSR count). The molecule has 0 spiro atoms. The molecule has 1 aliphatic heterocycles. The Balaban J connectivity index is 1.25. The molecule has 0 unspecified atom stereocenters. The van der Waals surface area contributed by atoms with Gasteiger partial charge in [0.1, 0.15) is 15.8 Å². The zero-order valence-electron chi connectivity index (χ0n) is 20.7. The summed E-state index contributed by atoms with van der Waals surface area (Å²) >= 11 is 6.78.